The van der Waals surface area contributed by atoms with Crippen LogP contribution >= 0.6 is 15.9 Å². The summed E-state index contributed by atoms with van der Waals surface area (Å²) >= 11 is 3.38. The minimum Gasteiger partial charge on any atom is -0.357 e. The van der Waals surface area contributed by atoms with Crippen LogP contribution in [0, 0.1) is 0 Å². The highest BCUT2D eigenvalue weighted by Gasteiger charge is 2.34. The molecule has 0 bridgehead atoms. The van der Waals surface area contributed by atoms with E-state index in [2.05, 4.69) is 21.2 Å². The maximum Gasteiger partial charge on any atom is 0.416 e. The monoisotopic (exact) mass is 625 g/mol. The minimum absolute atomic E-state index is 0.0522. The summed E-state index contributed by atoms with van der Waals surface area (Å²) in [5.74, 6) is -1.24. The van der Waals surface area contributed by atoms with E-state index >= 15 is 0 Å². The van der Waals surface area contributed by atoms with Gasteiger partial charge >= 0.3 is 6.18 Å². The molecule has 3 aromatic rings. The van der Waals surface area contributed by atoms with Gasteiger partial charge in [-0.2, -0.15) is 13.2 Å². The summed E-state index contributed by atoms with van der Waals surface area (Å²) in [5.41, 5.74) is 0.0442. The number of rotatable bonds is 10. The van der Waals surface area contributed by atoms with Crippen LogP contribution in [0.4, 0.5) is 18.9 Å². The van der Waals surface area contributed by atoms with Crippen molar-refractivity contribution in [2.24, 2.45) is 0 Å². The lowest BCUT2D eigenvalue weighted by Gasteiger charge is -2.33. The van der Waals surface area contributed by atoms with Crippen molar-refractivity contribution < 1.29 is 31.2 Å². The van der Waals surface area contributed by atoms with Crippen molar-refractivity contribution in [2.45, 2.75) is 25.2 Å². The molecule has 2 amide bonds. The number of hydrogen-bond acceptors (Lipinski definition) is 4. The second-order valence-corrected chi connectivity index (χ2v) is 11.6. The molecular weight excluding hydrogens is 599 g/mol. The van der Waals surface area contributed by atoms with E-state index in [-0.39, 0.29) is 18.7 Å². The fraction of sp³-hybridized carbons (Fsp3) is 0.259. The number of likely N-dealkylation sites (N-methyl/N-ethyl adjacent to an activating group) is 1. The molecule has 3 rings (SSSR count). The van der Waals surface area contributed by atoms with Crippen LogP contribution in [0.15, 0.2) is 83.3 Å². The molecule has 1 atom stereocenters. The van der Waals surface area contributed by atoms with Gasteiger partial charge in [-0.3, -0.25) is 13.9 Å². The summed E-state index contributed by atoms with van der Waals surface area (Å²) < 4.78 is 66.8. The van der Waals surface area contributed by atoms with Gasteiger partial charge in [0, 0.05) is 24.5 Å². The van der Waals surface area contributed by atoms with E-state index < -0.39 is 46.2 Å². The van der Waals surface area contributed by atoms with E-state index in [1.54, 1.807) is 48.5 Å². The molecule has 0 heterocycles. The third kappa shape index (κ3) is 8.30. The Morgan fingerprint density at radius 1 is 0.949 bits per heavy atom. The first-order valence-electron chi connectivity index (χ1n) is 11.7. The smallest absolute Gasteiger partial charge is 0.357 e. The summed E-state index contributed by atoms with van der Waals surface area (Å²) in [6.45, 7) is -0.861. The maximum absolute atomic E-state index is 13.8. The summed E-state index contributed by atoms with van der Waals surface area (Å²) in [4.78, 5) is 28.1. The molecule has 0 aliphatic heterocycles. The van der Waals surface area contributed by atoms with Gasteiger partial charge in [-0.25, -0.2) is 8.42 Å². The molecule has 12 heteroatoms. The Hall–Kier alpha value is -3.38. The molecule has 7 nitrogen and oxygen atoms in total. The zero-order valence-corrected chi connectivity index (χ0v) is 23.6. The first-order valence-corrected chi connectivity index (χ1v) is 14.4. The Kier molecular flexibility index (Phi) is 9.78. The van der Waals surface area contributed by atoms with Crippen LogP contribution in [0.25, 0.3) is 0 Å². The summed E-state index contributed by atoms with van der Waals surface area (Å²) in [7, 11) is -2.76. The third-order valence-electron chi connectivity index (χ3n) is 5.90. The van der Waals surface area contributed by atoms with Crippen LogP contribution in [-0.4, -0.2) is 51.0 Å². The molecule has 0 saturated heterocycles. The largest absolute Gasteiger partial charge is 0.416 e. The summed E-state index contributed by atoms with van der Waals surface area (Å²) in [6, 6.07) is 18.7. The standard InChI is InChI=1S/C27H27BrF3N3O4S/c1-32-26(36)24(15-19-8-4-3-5-9-19)33(17-20-10-6-12-22(28)14-20)25(35)18-34(39(2,37)38)23-13-7-11-21(16-23)27(29,30)31/h3-14,16,24H,15,17-18H2,1-2H3,(H,32,36)/t24-/m1/s1. The topological polar surface area (TPSA) is 86.8 Å². The fourth-order valence-corrected chi connectivity index (χ4v) is 5.29. The first-order chi connectivity index (χ1) is 18.3. The lowest BCUT2D eigenvalue weighted by molar-refractivity contribution is -0.139. The second kappa shape index (κ2) is 12.6. The molecule has 0 fully saturated rings. The highest BCUT2D eigenvalue weighted by molar-refractivity contribution is 9.10. The second-order valence-electron chi connectivity index (χ2n) is 8.79. The number of halogens is 4. The van der Waals surface area contributed by atoms with Gasteiger partial charge in [0.2, 0.25) is 21.8 Å². The van der Waals surface area contributed by atoms with E-state index in [1.807, 2.05) is 6.07 Å². The van der Waals surface area contributed by atoms with Crippen LogP contribution in [0.3, 0.4) is 0 Å². The SMILES string of the molecule is CNC(=O)[C@@H](Cc1ccccc1)N(Cc1cccc(Br)c1)C(=O)CN(c1cccc(C(F)(F)F)c1)S(C)(=O)=O. The number of nitrogens with zero attached hydrogens (tertiary/aromatic N) is 2. The lowest BCUT2D eigenvalue weighted by Crippen LogP contribution is -2.52. The maximum atomic E-state index is 13.8. The number of carbonyl (C=O) groups is 2. The molecule has 1 N–H and O–H groups in total. The zero-order valence-electron chi connectivity index (χ0n) is 21.2. The van der Waals surface area contributed by atoms with Crippen LogP contribution in [0.2, 0.25) is 0 Å². The number of alkyl halides is 3. The van der Waals surface area contributed by atoms with Crippen molar-refractivity contribution in [1.29, 1.82) is 0 Å². The van der Waals surface area contributed by atoms with E-state index in [0.29, 0.717) is 15.9 Å². The highest BCUT2D eigenvalue weighted by atomic mass is 79.9. The molecule has 0 aromatic heterocycles. The molecular formula is C27H27BrF3N3O4S. The van der Waals surface area contributed by atoms with E-state index in [9.17, 15) is 31.2 Å². The van der Waals surface area contributed by atoms with Crippen molar-refractivity contribution in [3.05, 3.63) is 100 Å². The summed E-state index contributed by atoms with van der Waals surface area (Å²) in [5, 5.41) is 2.56. The fourth-order valence-electron chi connectivity index (χ4n) is 4.00. The third-order valence-corrected chi connectivity index (χ3v) is 7.53. The van der Waals surface area contributed by atoms with Gasteiger partial charge in [0.25, 0.3) is 0 Å². The van der Waals surface area contributed by atoms with Gasteiger partial charge in [0.1, 0.15) is 12.6 Å². The Morgan fingerprint density at radius 3 is 2.18 bits per heavy atom. The summed E-state index contributed by atoms with van der Waals surface area (Å²) in [6.07, 6.45) is -3.78. The Morgan fingerprint density at radius 2 is 1.59 bits per heavy atom. The molecule has 0 radical (unpaired) electrons. The predicted octanol–water partition coefficient (Wildman–Crippen LogP) is 4.62. The van der Waals surface area contributed by atoms with Gasteiger partial charge in [-0.05, 0) is 41.5 Å². The molecule has 0 saturated carbocycles. The Labute approximate surface area is 233 Å². The number of benzene rings is 3. The molecule has 0 unspecified atom stereocenters. The quantitative estimate of drug-likeness (QED) is 0.356. The first kappa shape index (κ1) is 30.2. The van der Waals surface area contributed by atoms with Gasteiger partial charge in [-0.15, -0.1) is 0 Å². The van der Waals surface area contributed by atoms with Gasteiger partial charge < -0.3 is 10.2 Å². The molecule has 39 heavy (non-hydrogen) atoms. The lowest BCUT2D eigenvalue weighted by atomic mass is 10.0. The molecule has 0 spiro atoms. The van der Waals surface area contributed by atoms with Crippen molar-refractivity contribution >= 4 is 43.5 Å². The number of hydrogen-bond donors (Lipinski definition) is 1. The number of sulfonamides is 1. The van der Waals surface area contributed by atoms with Crippen molar-refractivity contribution in [2.75, 3.05) is 24.2 Å². The number of nitrogens with one attached hydrogen (secondary N) is 1. The Balaban J connectivity index is 2.05. The predicted molar refractivity (Wildman–Crippen MR) is 146 cm³/mol. The van der Waals surface area contributed by atoms with Crippen molar-refractivity contribution in [3.63, 3.8) is 0 Å². The molecule has 3 aromatic carbocycles. The van der Waals surface area contributed by atoms with Crippen LogP contribution in [0.5, 0.6) is 0 Å². The zero-order chi connectivity index (χ0) is 28.8. The molecule has 0 aliphatic carbocycles. The average Bonchev–Trinajstić information content (AvgIpc) is 2.88. The van der Waals surface area contributed by atoms with Crippen LogP contribution in [0.1, 0.15) is 16.7 Å². The molecule has 0 aliphatic rings. The number of carbonyl (C=O) groups excluding carboxylic acids is 2. The van der Waals surface area contributed by atoms with Gasteiger partial charge in [-0.1, -0.05) is 64.5 Å². The normalized spacial score (nSPS) is 12.5. The number of amides is 2. The molecule has 208 valence electrons. The van der Waals surface area contributed by atoms with Crippen LogP contribution in [-0.2, 0) is 38.8 Å². The average molecular weight is 626 g/mol. The van der Waals surface area contributed by atoms with Crippen molar-refractivity contribution in [3.8, 4) is 0 Å². The van der Waals surface area contributed by atoms with Gasteiger partial charge in [0.15, 0.2) is 0 Å². The van der Waals surface area contributed by atoms with E-state index in [4.69, 9.17) is 0 Å². The number of anilines is 1. The van der Waals surface area contributed by atoms with Crippen LogP contribution < -0.4 is 9.62 Å². The Bertz CT molecular complexity index is 1420. The van der Waals surface area contributed by atoms with E-state index in [0.717, 1.165) is 28.4 Å². The van der Waals surface area contributed by atoms with Crippen molar-refractivity contribution in [1.82, 2.24) is 10.2 Å². The van der Waals surface area contributed by atoms with E-state index in [1.165, 1.54) is 18.0 Å². The van der Waals surface area contributed by atoms with Gasteiger partial charge in [0.05, 0.1) is 17.5 Å². The highest BCUT2D eigenvalue weighted by Crippen LogP contribution is 2.32. The minimum atomic E-state index is -4.71.